The second kappa shape index (κ2) is 4.60. The number of anilines is 1. The van der Waals surface area contributed by atoms with Gasteiger partial charge in [-0.25, -0.2) is 9.37 Å². The van der Waals surface area contributed by atoms with Crippen LogP contribution in [-0.2, 0) is 0 Å². The Bertz CT molecular complexity index is 723. The summed E-state index contributed by atoms with van der Waals surface area (Å²) in [5, 5.41) is 10.4. The van der Waals surface area contributed by atoms with Crippen LogP contribution < -0.4 is 5.32 Å². The van der Waals surface area contributed by atoms with Crippen LogP contribution in [0.25, 0.3) is 22.3 Å². The third-order valence-corrected chi connectivity index (χ3v) is 2.67. The first-order valence-electron chi connectivity index (χ1n) is 5.84. The molecular weight excluding hydrogens is 247 g/mol. The summed E-state index contributed by atoms with van der Waals surface area (Å²) in [5.41, 5.74) is 1.44. The Morgan fingerprint density at radius 1 is 1.32 bits per heavy atom. The van der Waals surface area contributed by atoms with E-state index in [0.29, 0.717) is 34.8 Å². The molecule has 0 unspecified atom stereocenters. The zero-order valence-corrected chi connectivity index (χ0v) is 10.2. The van der Waals surface area contributed by atoms with Gasteiger partial charge < -0.3 is 5.32 Å². The SMILES string of the molecule is CCNc1nc(-c2ccncc2F)c2cn[nH]c2n1. The van der Waals surface area contributed by atoms with Crippen LogP contribution in [0.3, 0.4) is 0 Å². The molecule has 0 aliphatic heterocycles. The maximum absolute atomic E-state index is 13.9. The average molecular weight is 258 g/mol. The smallest absolute Gasteiger partial charge is 0.225 e. The van der Waals surface area contributed by atoms with Crippen molar-refractivity contribution in [3.8, 4) is 11.3 Å². The molecule has 96 valence electrons. The summed E-state index contributed by atoms with van der Waals surface area (Å²) in [4.78, 5) is 12.3. The van der Waals surface area contributed by atoms with Crippen LogP contribution in [0.5, 0.6) is 0 Å². The van der Waals surface area contributed by atoms with Crippen LogP contribution in [0, 0.1) is 5.82 Å². The molecule has 0 aliphatic carbocycles. The van der Waals surface area contributed by atoms with Crippen LogP contribution >= 0.6 is 0 Å². The van der Waals surface area contributed by atoms with Crippen LogP contribution in [0.4, 0.5) is 10.3 Å². The van der Waals surface area contributed by atoms with E-state index >= 15 is 0 Å². The van der Waals surface area contributed by atoms with Gasteiger partial charge in [0.25, 0.3) is 0 Å². The molecule has 0 saturated heterocycles. The fourth-order valence-corrected chi connectivity index (χ4v) is 1.84. The second-order valence-electron chi connectivity index (χ2n) is 3.91. The first-order chi connectivity index (χ1) is 9.29. The van der Waals surface area contributed by atoms with E-state index in [2.05, 4.69) is 30.5 Å². The van der Waals surface area contributed by atoms with Gasteiger partial charge in [0.05, 0.1) is 23.5 Å². The number of pyridine rings is 1. The summed E-state index contributed by atoms with van der Waals surface area (Å²) >= 11 is 0. The molecule has 0 aromatic carbocycles. The van der Waals surface area contributed by atoms with Gasteiger partial charge in [-0.1, -0.05) is 0 Å². The lowest BCUT2D eigenvalue weighted by Gasteiger charge is -2.06. The van der Waals surface area contributed by atoms with E-state index in [0.717, 1.165) is 6.20 Å². The molecule has 3 rings (SSSR count). The molecule has 3 heterocycles. The molecule has 3 aromatic rings. The topological polar surface area (TPSA) is 79.4 Å². The monoisotopic (exact) mass is 258 g/mol. The molecule has 0 amide bonds. The van der Waals surface area contributed by atoms with Gasteiger partial charge in [-0.15, -0.1) is 0 Å². The minimum absolute atomic E-state index is 0.378. The van der Waals surface area contributed by atoms with Crippen LogP contribution in [0.2, 0.25) is 0 Å². The predicted molar refractivity (Wildman–Crippen MR) is 69.0 cm³/mol. The zero-order valence-electron chi connectivity index (χ0n) is 10.2. The highest BCUT2D eigenvalue weighted by atomic mass is 19.1. The molecule has 3 aromatic heterocycles. The second-order valence-corrected chi connectivity index (χ2v) is 3.91. The Hall–Kier alpha value is -2.57. The highest BCUT2D eigenvalue weighted by Gasteiger charge is 2.14. The van der Waals surface area contributed by atoms with Crippen molar-refractivity contribution in [2.24, 2.45) is 0 Å². The molecule has 0 aliphatic rings. The molecule has 0 spiro atoms. The quantitative estimate of drug-likeness (QED) is 0.751. The van der Waals surface area contributed by atoms with Gasteiger partial charge in [0.15, 0.2) is 11.5 Å². The maximum atomic E-state index is 13.9. The van der Waals surface area contributed by atoms with Crippen molar-refractivity contribution in [1.29, 1.82) is 0 Å². The van der Waals surface area contributed by atoms with Crippen LogP contribution in [0.1, 0.15) is 6.92 Å². The molecule has 0 saturated carbocycles. The van der Waals surface area contributed by atoms with E-state index in [9.17, 15) is 4.39 Å². The first kappa shape index (κ1) is 11.5. The number of nitrogens with zero attached hydrogens (tertiary/aromatic N) is 4. The average Bonchev–Trinajstić information content (AvgIpc) is 2.87. The zero-order chi connectivity index (χ0) is 13.2. The number of aromatic nitrogens is 5. The van der Waals surface area contributed by atoms with E-state index in [1.54, 1.807) is 12.3 Å². The van der Waals surface area contributed by atoms with Crippen molar-refractivity contribution in [2.45, 2.75) is 6.92 Å². The van der Waals surface area contributed by atoms with E-state index in [1.807, 2.05) is 6.92 Å². The van der Waals surface area contributed by atoms with E-state index < -0.39 is 5.82 Å². The Labute approximate surface area is 108 Å². The fraction of sp³-hybridized carbons (Fsp3) is 0.167. The van der Waals surface area contributed by atoms with Gasteiger partial charge in [-0.05, 0) is 13.0 Å². The van der Waals surface area contributed by atoms with Crippen molar-refractivity contribution in [2.75, 3.05) is 11.9 Å². The third kappa shape index (κ3) is 1.99. The summed E-state index contributed by atoms with van der Waals surface area (Å²) in [6.07, 6.45) is 4.27. The van der Waals surface area contributed by atoms with Gasteiger partial charge in [-0.2, -0.15) is 10.1 Å². The van der Waals surface area contributed by atoms with Gasteiger partial charge in [0.2, 0.25) is 5.95 Å². The van der Waals surface area contributed by atoms with Gasteiger partial charge in [-0.3, -0.25) is 10.1 Å². The first-order valence-corrected chi connectivity index (χ1v) is 5.84. The van der Waals surface area contributed by atoms with Gasteiger partial charge >= 0.3 is 0 Å². The molecule has 7 heteroatoms. The highest BCUT2D eigenvalue weighted by Crippen LogP contribution is 2.27. The summed E-state index contributed by atoms with van der Waals surface area (Å²) in [5.74, 6) is 0.0108. The lowest BCUT2D eigenvalue weighted by molar-refractivity contribution is 0.624. The number of hydrogen-bond donors (Lipinski definition) is 2. The number of H-pyrrole nitrogens is 1. The van der Waals surface area contributed by atoms with Crippen molar-refractivity contribution >= 4 is 17.0 Å². The predicted octanol–water partition coefficient (Wildman–Crippen LogP) is 1.99. The van der Waals surface area contributed by atoms with Crippen LogP contribution in [0.15, 0.2) is 24.7 Å². The molecular formula is C12H11FN6. The molecule has 0 radical (unpaired) electrons. The fourth-order valence-electron chi connectivity index (χ4n) is 1.84. The Morgan fingerprint density at radius 2 is 2.21 bits per heavy atom. The molecule has 0 atom stereocenters. The van der Waals surface area contributed by atoms with Crippen LogP contribution in [-0.4, -0.2) is 31.7 Å². The number of fused-ring (bicyclic) bond motifs is 1. The lowest BCUT2D eigenvalue weighted by Crippen LogP contribution is -2.03. The summed E-state index contributed by atoms with van der Waals surface area (Å²) < 4.78 is 13.9. The Balaban J connectivity index is 2.26. The van der Waals surface area contributed by atoms with E-state index in [1.165, 1.54) is 6.20 Å². The normalized spacial score (nSPS) is 10.8. The Kier molecular flexibility index (Phi) is 2.79. The molecule has 2 N–H and O–H groups in total. The van der Waals surface area contributed by atoms with Gasteiger partial charge in [0.1, 0.15) is 0 Å². The summed E-state index contributed by atoms with van der Waals surface area (Å²) in [7, 11) is 0. The largest absolute Gasteiger partial charge is 0.354 e. The summed E-state index contributed by atoms with van der Waals surface area (Å²) in [6, 6.07) is 1.58. The number of nitrogens with one attached hydrogen (secondary N) is 2. The maximum Gasteiger partial charge on any atom is 0.225 e. The van der Waals surface area contributed by atoms with Gasteiger partial charge in [0, 0.05) is 18.3 Å². The molecule has 0 bridgehead atoms. The minimum Gasteiger partial charge on any atom is -0.354 e. The number of aromatic amines is 1. The summed E-state index contributed by atoms with van der Waals surface area (Å²) in [6.45, 7) is 2.62. The minimum atomic E-state index is -0.425. The standard InChI is InChI=1S/C12H11FN6/c1-2-15-12-17-10(7-3-4-14-6-9(7)13)8-5-16-19-11(8)18-12/h3-6H,2H2,1H3,(H2,15,16,17,18,19). The number of rotatable bonds is 3. The number of hydrogen-bond acceptors (Lipinski definition) is 5. The molecule has 19 heavy (non-hydrogen) atoms. The molecule has 0 fully saturated rings. The lowest BCUT2D eigenvalue weighted by atomic mass is 10.1. The number of halogens is 1. The van der Waals surface area contributed by atoms with Crippen molar-refractivity contribution in [3.63, 3.8) is 0 Å². The molecule has 6 nitrogen and oxygen atoms in total. The highest BCUT2D eigenvalue weighted by molar-refractivity contribution is 5.90. The van der Waals surface area contributed by atoms with Crippen molar-refractivity contribution < 1.29 is 4.39 Å². The van der Waals surface area contributed by atoms with Crippen molar-refractivity contribution in [1.82, 2.24) is 25.1 Å². The Morgan fingerprint density at radius 3 is 3.00 bits per heavy atom. The van der Waals surface area contributed by atoms with E-state index in [4.69, 9.17) is 0 Å². The van der Waals surface area contributed by atoms with Crippen molar-refractivity contribution in [3.05, 3.63) is 30.5 Å². The third-order valence-electron chi connectivity index (χ3n) is 2.67. The van der Waals surface area contributed by atoms with E-state index in [-0.39, 0.29) is 0 Å².